The second-order valence-electron chi connectivity index (χ2n) is 5.47. The Balaban J connectivity index is 1.73. The van der Waals surface area contributed by atoms with Gasteiger partial charge in [-0.15, -0.1) is 0 Å². The molecule has 1 fully saturated rings. The maximum absolute atomic E-state index is 12.1. The van der Waals surface area contributed by atoms with Crippen molar-refractivity contribution in [2.24, 2.45) is 5.14 Å². The van der Waals surface area contributed by atoms with E-state index in [-0.39, 0.29) is 31.2 Å². The van der Waals surface area contributed by atoms with Gasteiger partial charge in [0, 0.05) is 44.6 Å². The summed E-state index contributed by atoms with van der Waals surface area (Å²) < 4.78 is 23.6. The van der Waals surface area contributed by atoms with Gasteiger partial charge < -0.3 is 4.90 Å². The van der Waals surface area contributed by atoms with Gasteiger partial charge in [0.25, 0.3) is 10.2 Å². The number of benzene rings is 1. The Morgan fingerprint density at radius 3 is 2.17 bits per heavy atom. The van der Waals surface area contributed by atoms with Crippen molar-refractivity contribution < 1.29 is 18.0 Å². The first kappa shape index (κ1) is 17.6. The Hall–Kier alpha value is -1.77. The fraction of sp³-hybridized carbons (Fsp3) is 0.467. The predicted octanol–water partition coefficient (Wildman–Crippen LogP) is 0.387. The smallest absolute Gasteiger partial charge is 0.277 e. The van der Waals surface area contributed by atoms with Crippen LogP contribution in [0.3, 0.4) is 0 Å². The average molecular weight is 339 g/mol. The van der Waals surface area contributed by atoms with Crippen molar-refractivity contribution in [3.63, 3.8) is 0 Å². The molecule has 0 unspecified atom stereocenters. The number of hydrogen-bond acceptors (Lipinski definition) is 4. The normalized spacial score (nSPS) is 16.3. The van der Waals surface area contributed by atoms with E-state index in [0.717, 1.165) is 4.31 Å². The van der Waals surface area contributed by atoms with E-state index in [4.69, 9.17) is 5.14 Å². The molecule has 7 nitrogen and oxygen atoms in total. The molecule has 0 bridgehead atoms. The van der Waals surface area contributed by atoms with Gasteiger partial charge in [0.05, 0.1) is 0 Å². The molecule has 1 amide bonds. The summed E-state index contributed by atoms with van der Waals surface area (Å²) in [5.41, 5.74) is 0.654. The minimum Gasteiger partial charge on any atom is -0.340 e. The van der Waals surface area contributed by atoms with Gasteiger partial charge in [-0.25, -0.2) is 5.14 Å². The maximum atomic E-state index is 12.1. The summed E-state index contributed by atoms with van der Waals surface area (Å²) in [6.45, 7) is 1.10. The highest BCUT2D eigenvalue weighted by atomic mass is 32.2. The summed E-state index contributed by atoms with van der Waals surface area (Å²) in [5.74, 6) is -0.0302. The van der Waals surface area contributed by atoms with Gasteiger partial charge >= 0.3 is 0 Å². The molecular weight excluding hydrogens is 318 g/mol. The fourth-order valence-electron chi connectivity index (χ4n) is 2.52. The van der Waals surface area contributed by atoms with Crippen LogP contribution in [-0.2, 0) is 15.0 Å². The number of rotatable bonds is 6. The van der Waals surface area contributed by atoms with Crippen LogP contribution >= 0.6 is 0 Å². The Morgan fingerprint density at radius 1 is 1.00 bits per heavy atom. The minimum atomic E-state index is -3.68. The molecule has 1 aromatic rings. The lowest BCUT2D eigenvalue weighted by Gasteiger charge is -2.33. The van der Waals surface area contributed by atoms with E-state index in [1.165, 1.54) is 0 Å². The largest absolute Gasteiger partial charge is 0.340 e. The van der Waals surface area contributed by atoms with E-state index in [2.05, 4.69) is 0 Å². The SMILES string of the molecule is NS(=O)(=O)N1CCN(C(=O)CCCC(=O)c2ccccc2)CC1. The van der Waals surface area contributed by atoms with Gasteiger partial charge in [-0.3, -0.25) is 9.59 Å². The molecule has 0 radical (unpaired) electrons. The van der Waals surface area contributed by atoms with Crippen molar-refractivity contribution in [2.75, 3.05) is 26.2 Å². The lowest BCUT2D eigenvalue weighted by Crippen LogP contribution is -2.52. The Bertz CT molecular complexity index is 653. The molecule has 0 saturated carbocycles. The molecule has 1 saturated heterocycles. The number of ketones is 1. The van der Waals surface area contributed by atoms with Gasteiger partial charge in [-0.2, -0.15) is 12.7 Å². The molecule has 2 rings (SSSR count). The molecule has 8 heteroatoms. The third-order valence-corrected chi connectivity index (χ3v) is 4.93. The number of amides is 1. The number of Topliss-reactive ketones (excluding diaryl/α,β-unsaturated/α-hetero) is 1. The van der Waals surface area contributed by atoms with Crippen LogP contribution < -0.4 is 5.14 Å². The number of hydrogen-bond donors (Lipinski definition) is 1. The van der Waals surface area contributed by atoms with Crippen LogP contribution in [0.25, 0.3) is 0 Å². The first-order valence-electron chi connectivity index (χ1n) is 7.52. The van der Waals surface area contributed by atoms with E-state index >= 15 is 0 Å². The van der Waals surface area contributed by atoms with Gasteiger partial charge in [0.15, 0.2) is 5.78 Å². The molecule has 1 heterocycles. The van der Waals surface area contributed by atoms with Crippen molar-refractivity contribution in [3.05, 3.63) is 35.9 Å². The highest BCUT2D eigenvalue weighted by Gasteiger charge is 2.26. The fourth-order valence-corrected chi connectivity index (χ4v) is 3.19. The van der Waals surface area contributed by atoms with Crippen LogP contribution in [-0.4, -0.2) is 55.5 Å². The second-order valence-corrected chi connectivity index (χ2v) is 7.01. The van der Waals surface area contributed by atoms with E-state index < -0.39 is 10.2 Å². The first-order chi connectivity index (χ1) is 10.9. The number of piperazine rings is 1. The molecule has 0 atom stereocenters. The van der Waals surface area contributed by atoms with Crippen molar-refractivity contribution in [1.82, 2.24) is 9.21 Å². The summed E-state index contributed by atoms with van der Waals surface area (Å²) in [4.78, 5) is 25.7. The molecule has 23 heavy (non-hydrogen) atoms. The van der Waals surface area contributed by atoms with Crippen LogP contribution in [0, 0.1) is 0 Å². The van der Waals surface area contributed by atoms with Crippen LogP contribution in [0.15, 0.2) is 30.3 Å². The molecule has 1 aliphatic heterocycles. The Labute approximate surface area is 136 Å². The topological polar surface area (TPSA) is 101 Å². The molecule has 1 aliphatic rings. The maximum Gasteiger partial charge on any atom is 0.277 e. The lowest BCUT2D eigenvalue weighted by atomic mass is 10.1. The molecule has 0 spiro atoms. The highest BCUT2D eigenvalue weighted by molar-refractivity contribution is 7.86. The van der Waals surface area contributed by atoms with Gasteiger partial charge in [-0.05, 0) is 6.42 Å². The first-order valence-corrected chi connectivity index (χ1v) is 9.02. The Morgan fingerprint density at radius 2 is 1.61 bits per heavy atom. The molecule has 126 valence electrons. The summed E-state index contributed by atoms with van der Waals surface area (Å²) >= 11 is 0. The second kappa shape index (κ2) is 7.67. The molecular formula is C15H21N3O4S. The van der Waals surface area contributed by atoms with E-state index in [9.17, 15) is 18.0 Å². The summed E-state index contributed by atoms with van der Waals surface area (Å²) in [5, 5.41) is 5.06. The minimum absolute atomic E-state index is 0.0254. The zero-order valence-corrected chi connectivity index (χ0v) is 13.7. The quantitative estimate of drug-likeness (QED) is 0.757. The third-order valence-electron chi connectivity index (χ3n) is 3.84. The van der Waals surface area contributed by atoms with Crippen LogP contribution in [0.4, 0.5) is 0 Å². The number of nitrogens with zero attached hydrogens (tertiary/aromatic N) is 2. The Kier molecular flexibility index (Phi) is 5.86. The van der Waals surface area contributed by atoms with Crippen molar-refractivity contribution in [2.45, 2.75) is 19.3 Å². The summed E-state index contributed by atoms with van der Waals surface area (Å²) in [7, 11) is -3.68. The highest BCUT2D eigenvalue weighted by Crippen LogP contribution is 2.10. The number of carbonyl (C=O) groups excluding carboxylic acids is 2. The zero-order valence-electron chi connectivity index (χ0n) is 12.8. The standard InChI is InChI=1S/C15H21N3O4S/c16-23(21,22)18-11-9-17(10-12-18)15(20)8-4-7-14(19)13-5-2-1-3-6-13/h1-3,5-6H,4,7-12H2,(H2,16,21,22). The third kappa shape index (κ3) is 5.12. The van der Waals surface area contributed by atoms with Gasteiger partial charge in [-0.1, -0.05) is 30.3 Å². The average Bonchev–Trinajstić information content (AvgIpc) is 2.54. The van der Waals surface area contributed by atoms with Crippen molar-refractivity contribution in [3.8, 4) is 0 Å². The molecule has 1 aromatic carbocycles. The van der Waals surface area contributed by atoms with Crippen LogP contribution in [0.1, 0.15) is 29.6 Å². The van der Waals surface area contributed by atoms with Gasteiger partial charge in [0.2, 0.25) is 5.91 Å². The predicted molar refractivity (Wildman–Crippen MR) is 85.9 cm³/mol. The monoisotopic (exact) mass is 339 g/mol. The zero-order chi connectivity index (χ0) is 16.9. The summed E-state index contributed by atoms with van der Waals surface area (Å²) in [6.07, 6.45) is 1.10. The van der Waals surface area contributed by atoms with Crippen molar-refractivity contribution >= 4 is 21.9 Å². The van der Waals surface area contributed by atoms with Crippen molar-refractivity contribution in [1.29, 1.82) is 0 Å². The number of nitrogens with two attached hydrogens (primary N) is 1. The van der Waals surface area contributed by atoms with E-state index in [1.54, 1.807) is 17.0 Å². The van der Waals surface area contributed by atoms with E-state index in [0.29, 0.717) is 31.5 Å². The molecule has 0 aromatic heterocycles. The molecule has 0 aliphatic carbocycles. The molecule has 2 N–H and O–H groups in total. The van der Waals surface area contributed by atoms with Gasteiger partial charge in [0.1, 0.15) is 0 Å². The lowest BCUT2D eigenvalue weighted by molar-refractivity contribution is -0.132. The van der Waals surface area contributed by atoms with Crippen LogP contribution in [0.5, 0.6) is 0 Å². The number of carbonyl (C=O) groups is 2. The van der Waals surface area contributed by atoms with E-state index in [1.807, 2.05) is 18.2 Å². The summed E-state index contributed by atoms with van der Waals surface area (Å²) in [6, 6.07) is 8.99. The van der Waals surface area contributed by atoms with Crippen LogP contribution in [0.2, 0.25) is 0 Å².